The quantitative estimate of drug-likeness (QED) is 0.413. The van der Waals surface area contributed by atoms with Gasteiger partial charge in [-0.15, -0.1) is 0 Å². The van der Waals surface area contributed by atoms with E-state index < -0.39 is 7.60 Å². The van der Waals surface area contributed by atoms with Crippen molar-refractivity contribution < 1.29 is 14.4 Å². The third kappa shape index (κ3) is 10.1. The Labute approximate surface area is 67.2 Å². The Morgan fingerprint density at radius 3 is 2.45 bits per heavy atom. The fourth-order valence-electron chi connectivity index (χ4n) is 0.712. The van der Waals surface area contributed by atoms with Crippen LogP contribution in [0.4, 0.5) is 0 Å². The van der Waals surface area contributed by atoms with Gasteiger partial charge in [0, 0.05) is 0 Å². The molecule has 0 unspecified atom stereocenters. The fraction of sp³-hybridized carbons (Fsp3) is 1.00. The van der Waals surface area contributed by atoms with Gasteiger partial charge in [-0.1, -0.05) is 6.92 Å². The second-order valence-electron chi connectivity index (χ2n) is 2.49. The van der Waals surface area contributed by atoms with E-state index in [1.807, 2.05) is 0 Å². The van der Waals surface area contributed by atoms with Crippen molar-refractivity contribution in [2.24, 2.45) is 0 Å². The van der Waals surface area contributed by atoms with E-state index in [1.54, 1.807) is 0 Å². The van der Waals surface area contributed by atoms with Crippen LogP contribution >= 0.6 is 7.60 Å². The van der Waals surface area contributed by atoms with Crippen LogP contribution in [0.15, 0.2) is 0 Å². The molecule has 0 rings (SSSR count). The van der Waals surface area contributed by atoms with E-state index in [1.165, 1.54) is 0 Å². The van der Waals surface area contributed by atoms with E-state index in [0.29, 0.717) is 13.0 Å². The Bertz CT molecular complexity index is 134. The molecule has 0 aliphatic heterocycles. The van der Waals surface area contributed by atoms with E-state index in [2.05, 4.69) is 12.2 Å². The Balaban J connectivity index is 3.09. The molecule has 0 aromatic rings. The van der Waals surface area contributed by atoms with Gasteiger partial charge in [-0.2, -0.15) is 0 Å². The van der Waals surface area contributed by atoms with Gasteiger partial charge in [0.1, 0.15) is 0 Å². The first-order chi connectivity index (χ1) is 5.06. The van der Waals surface area contributed by atoms with Crippen molar-refractivity contribution in [2.45, 2.75) is 19.8 Å². The normalized spacial score (nSPS) is 11.9. The molecule has 68 valence electrons. The van der Waals surface area contributed by atoms with E-state index in [0.717, 1.165) is 13.0 Å². The Morgan fingerprint density at radius 1 is 1.36 bits per heavy atom. The zero-order valence-electron chi connectivity index (χ0n) is 6.79. The first-order valence-electron chi connectivity index (χ1n) is 3.81. The maximum atomic E-state index is 10.3. The Morgan fingerprint density at radius 2 is 2.00 bits per heavy atom. The van der Waals surface area contributed by atoms with Crippen molar-refractivity contribution in [3.05, 3.63) is 0 Å². The van der Waals surface area contributed by atoms with Gasteiger partial charge in [0.05, 0.1) is 6.16 Å². The van der Waals surface area contributed by atoms with Crippen LogP contribution in [0.2, 0.25) is 0 Å². The van der Waals surface area contributed by atoms with Gasteiger partial charge in [0.2, 0.25) is 0 Å². The molecule has 0 amide bonds. The molecule has 0 bridgehead atoms. The van der Waals surface area contributed by atoms with Gasteiger partial charge < -0.3 is 15.1 Å². The monoisotopic (exact) mass is 181 g/mol. The topological polar surface area (TPSA) is 69.6 Å². The summed E-state index contributed by atoms with van der Waals surface area (Å²) in [5.41, 5.74) is 0. The molecular weight excluding hydrogens is 165 g/mol. The predicted octanol–water partition coefficient (Wildman–Crippen LogP) is 0.554. The van der Waals surface area contributed by atoms with Crippen LogP contribution in [0.25, 0.3) is 0 Å². The molecule has 0 aliphatic rings. The Kier molecular flexibility index (Phi) is 5.78. The minimum Gasteiger partial charge on any atom is -0.324 e. The van der Waals surface area contributed by atoms with Gasteiger partial charge in [-0.05, 0) is 25.9 Å². The Hall–Kier alpha value is 0.110. The highest BCUT2D eigenvalue weighted by atomic mass is 31.2. The van der Waals surface area contributed by atoms with Crippen LogP contribution in [0.1, 0.15) is 19.8 Å². The smallest absolute Gasteiger partial charge is 0.324 e. The van der Waals surface area contributed by atoms with Crippen LogP contribution < -0.4 is 5.32 Å². The molecule has 0 atom stereocenters. The summed E-state index contributed by atoms with van der Waals surface area (Å²) in [6.07, 6.45) is 1.59. The van der Waals surface area contributed by atoms with Crippen molar-refractivity contribution in [3.63, 3.8) is 0 Å². The highest BCUT2D eigenvalue weighted by molar-refractivity contribution is 7.51. The van der Waals surface area contributed by atoms with Crippen molar-refractivity contribution >= 4 is 7.60 Å². The van der Waals surface area contributed by atoms with Crippen molar-refractivity contribution in [3.8, 4) is 0 Å². The molecule has 5 heteroatoms. The first kappa shape index (κ1) is 11.1. The van der Waals surface area contributed by atoms with E-state index in [9.17, 15) is 4.57 Å². The molecule has 0 saturated heterocycles. The molecule has 0 saturated carbocycles. The largest absolute Gasteiger partial charge is 0.325 e. The molecule has 0 heterocycles. The van der Waals surface area contributed by atoms with Crippen LogP contribution in [0.3, 0.4) is 0 Å². The highest BCUT2D eigenvalue weighted by Gasteiger charge is 2.10. The lowest BCUT2D eigenvalue weighted by atomic mass is 10.4. The van der Waals surface area contributed by atoms with Gasteiger partial charge in [-0.25, -0.2) is 0 Å². The lowest BCUT2D eigenvalue weighted by Crippen LogP contribution is -2.16. The molecule has 0 spiro atoms. The number of hydrogen-bond donors (Lipinski definition) is 3. The maximum absolute atomic E-state index is 10.3. The summed E-state index contributed by atoms with van der Waals surface area (Å²) in [6, 6.07) is 0. The summed E-state index contributed by atoms with van der Waals surface area (Å²) in [5, 5.41) is 3.06. The van der Waals surface area contributed by atoms with Gasteiger partial charge >= 0.3 is 7.60 Å². The first-order valence-corrected chi connectivity index (χ1v) is 5.61. The van der Waals surface area contributed by atoms with Crippen molar-refractivity contribution in [1.82, 2.24) is 5.32 Å². The molecule has 0 aromatic carbocycles. The van der Waals surface area contributed by atoms with E-state index in [4.69, 9.17) is 9.79 Å². The lowest BCUT2D eigenvalue weighted by Gasteiger charge is -2.03. The molecule has 0 radical (unpaired) electrons. The number of nitrogens with one attached hydrogen (secondary N) is 1. The molecule has 0 fully saturated rings. The number of rotatable bonds is 6. The fourth-order valence-corrected chi connectivity index (χ4v) is 1.28. The summed E-state index contributed by atoms with van der Waals surface area (Å²) in [4.78, 5) is 16.9. The molecule has 0 aromatic heterocycles. The summed E-state index contributed by atoms with van der Waals surface area (Å²) < 4.78 is 10.3. The van der Waals surface area contributed by atoms with Crippen LogP contribution in [-0.2, 0) is 4.57 Å². The minimum atomic E-state index is -3.75. The number of hydrogen-bond acceptors (Lipinski definition) is 2. The zero-order chi connectivity index (χ0) is 8.74. The van der Waals surface area contributed by atoms with Gasteiger partial charge in [-0.3, -0.25) is 4.57 Å². The molecule has 11 heavy (non-hydrogen) atoms. The van der Waals surface area contributed by atoms with Crippen molar-refractivity contribution in [1.29, 1.82) is 0 Å². The zero-order valence-corrected chi connectivity index (χ0v) is 7.68. The third-order valence-electron chi connectivity index (χ3n) is 1.23. The van der Waals surface area contributed by atoms with Crippen LogP contribution in [0.5, 0.6) is 0 Å². The highest BCUT2D eigenvalue weighted by Crippen LogP contribution is 2.34. The standard InChI is InChI=1S/C6H16NO3P/c1-2-4-7-5-3-6-11(8,9)10/h7H,2-6H2,1H3,(H2,8,9,10). The summed E-state index contributed by atoms with van der Waals surface area (Å²) in [6.45, 7) is 3.66. The SMILES string of the molecule is CCCNCCCP(=O)(O)O. The summed E-state index contributed by atoms with van der Waals surface area (Å²) in [7, 11) is -3.75. The second-order valence-corrected chi connectivity index (χ2v) is 4.27. The maximum Gasteiger partial charge on any atom is 0.325 e. The molecule has 4 nitrogen and oxygen atoms in total. The third-order valence-corrected chi connectivity index (χ3v) is 2.13. The van der Waals surface area contributed by atoms with Gasteiger partial charge in [0.25, 0.3) is 0 Å². The second kappa shape index (κ2) is 5.72. The van der Waals surface area contributed by atoms with Crippen LogP contribution in [0, 0.1) is 0 Å². The average Bonchev–Trinajstić information content (AvgIpc) is 1.85. The van der Waals surface area contributed by atoms with Gasteiger partial charge in [0.15, 0.2) is 0 Å². The molecule has 0 aliphatic carbocycles. The summed E-state index contributed by atoms with van der Waals surface area (Å²) in [5.74, 6) is 0. The predicted molar refractivity (Wildman–Crippen MR) is 44.7 cm³/mol. The molecule has 3 N–H and O–H groups in total. The summed E-state index contributed by atoms with van der Waals surface area (Å²) >= 11 is 0. The minimum absolute atomic E-state index is 0.0102. The average molecular weight is 181 g/mol. The van der Waals surface area contributed by atoms with E-state index in [-0.39, 0.29) is 6.16 Å². The van der Waals surface area contributed by atoms with Crippen molar-refractivity contribution in [2.75, 3.05) is 19.3 Å². The van der Waals surface area contributed by atoms with E-state index >= 15 is 0 Å². The van der Waals surface area contributed by atoms with Crippen LogP contribution in [-0.4, -0.2) is 29.0 Å². The molecular formula is C6H16NO3P. The lowest BCUT2D eigenvalue weighted by molar-refractivity contribution is 0.371.